The number of amides is 1. The molecule has 1 aliphatic heterocycles. The average Bonchev–Trinajstić information content (AvgIpc) is 2.91. The number of nitrogen functional groups attached to an aromatic ring is 1. The van der Waals surface area contributed by atoms with E-state index in [0.29, 0.717) is 11.3 Å². The third-order valence-electron chi connectivity index (χ3n) is 5.07. The van der Waals surface area contributed by atoms with Crippen molar-refractivity contribution in [3.8, 4) is 0 Å². The predicted molar refractivity (Wildman–Crippen MR) is 113 cm³/mol. The number of carbonyl (C=O) groups is 2. The molecule has 0 radical (unpaired) electrons. The topological polar surface area (TPSA) is 72.6 Å². The Kier molecular flexibility index (Phi) is 5.29. The van der Waals surface area contributed by atoms with Crippen LogP contribution in [0.15, 0.2) is 72.8 Å². The summed E-state index contributed by atoms with van der Waals surface area (Å²) in [5.74, 6) is -0.564. The molecule has 5 nitrogen and oxygen atoms in total. The van der Waals surface area contributed by atoms with Crippen LogP contribution in [0.5, 0.6) is 0 Å². The maximum Gasteiger partial charge on any atom is 0.338 e. The lowest BCUT2D eigenvalue weighted by atomic mass is 10.0. The fraction of sp³-hybridized carbons (Fsp3) is 0.167. The van der Waals surface area contributed by atoms with Crippen LogP contribution < -0.4 is 10.6 Å². The number of aryl methyl sites for hydroxylation is 2. The summed E-state index contributed by atoms with van der Waals surface area (Å²) < 4.78 is 5.31. The maximum atomic E-state index is 13.2. The summed E-state index contributed by atoms with van der Waals surface area (Å²) >= 11 is 0. The van der Waals surface area contributed by atoms with Gasteiger partial charge in [0, 0.05) is 5.69 Å². The van der Waals surface area contributed by atoms with E-state index in [1.54, 1.807) is 29.2 Å². The second kappa shape index (κ2) is 8.19. The number of carbonyl (C=O) groups excluding carboxylic acids is 2. The van der Waals surface area contributed by atoms with E-state index in [2.05, 4.69) is 12.1 Å². The number of anilines is 3. The van der Waals surface area contributed by atoms with Crippen molar-refractivity contribution in [1.29, 1.82) is 0 Å². The quantitative estimate of drug-likeness (QED) is 0.537. The first-order valence-electron chi connectivity index (χ1n) is 9.65. The van der Waals surface area contributed by atoms with E-state index in [1.807, 2.05) is 36.4 Å². The lowest BCUT2D eigenvalue weighted by molar-refractivity contribution is -0.118. The van der Waals surface area contributed by atoms with E-state index >= 15 is 0 Å². The molecule has 4 rings (SSSR count). The van der Waals surface area contributed by atoms with Crippen LogP contribution in [0.1, 0.15) is 27.9 Å². The smallest absolute Gasteiger partial charge is 0.338 e. The van der Waals surface area contributed by atoms with Crippen LogP contribution in [0.2, 0.25) is 0 Å². The van der Waals surface area contributed by atoms with Gasteiger partial charge in [-0.15, -0.1) is 0 Å². The van der Waals surface area contributed by atoms with Gasteiger partial charge in [0.05, 0.1) is 23.4 Å². The van der Waals surface area contributed by atoms with E-state index in [9.17, 15) is 9.59 Å². The van der Waals surface area contributed by atoms with Crippen LogP contribution in [0, 0.1) is 0 Å². The SMILES string of the molecule is Nc1ccc(C(=O)OCCC(=O)N2c3ccccc3CCc3ccccc32)cc1. The first-order valence-corrected chi connectivity index (χ1v) is 9.65. The lowest BCUT2D eigenvalue weighted by Crippen LogP contribution is -2.28. The zero-order valence-electron chi connectivity index (χ0n) is 16.0. The molecule has 0 aromatic heterocycles. The molecule has 146 valence electrons. The van der Waals surface area contributed by atoms with E-state index in [0.717, 1.165) is 35.3 Å². The summed E-state index contributed by atoms with van der Waals surface area (Å²) in [6, 6.07) is 22.4. The molecule has 0 bridgehead atoms. The van der Waals surface area contributed by atoms with Crippen molar-refractivity contribution in [1.82, 2.24) is 0 Å². The monoisotopic (exact) mass is 386 g/mol. The van der Waals surface area contributed by atoms with Gasteiger partial charge in [-0.1, -0.05) is 36.4 Å². The Balaban J connectivity index is 1.51. The second-order valence-electron chi connectivity index (χ2n) is 6.99. The third kappa shape index (κ3) is 3.99. The molecule has 1 heterocycles. The van der Waals surface area contributed by atoms with Gasteiger partial charge in [-0.25, -0.2) is 4.79 Å². The summed E-state index contributed by atoms with van der Waals surface area (Å²) in [6.07, 6.45) is 1.86. The van der Waals surface area contributed by atoms with E-state index in [-0.39, 0.29) is 18.9 Å². The van der Waals surface area contributed by atoms with Crippen LogP contribution in [0.4, 0.5) is 17.1 Å². The van der Waals surface area contributed by atoms with Crippen molar-refractivity contribution in [3.05, 3.63) is 89.5 Å². The summed E-state index contributed by atoms with van der Waals surface area (Å²) in [7, 11) is 0. The summed E-state index contributed by atoms with van der Waals surface area (Å²) in [5.41, 5.74) is 10.7. The Labute approximate surface area is 169 Å². The van der Waals surface area contributed by atoms with Crippen molar-refractivity contribution in [3.63, 3.8) is 0 Å². The number of benzene rings is 3. The molecule has 1 aliphatic rings. The molecule has 3 aromatic carbocycles. The highest BCUT2D eigenvalue weighted by Gasteiger charge is 2.25. The fourth-order valence-electron chi connectivity index (χ4n) is 3.59. The summed E-state index contributed by atoms with van der Waals surface area (Å²) in [4.78, 5) is 27.1. The molecule has 29 heavy (non-hydrogen) atoms. The number of nitrogens with two attached hydrogens (primary N) is 1. The van der Waals surface area contributed by atoms with Crippen LogP contribution in [0.25, 0.3) is 0 Å². The highest BCUT2D eigenvalue weighted by Crippen LogP contribution is 2.36. The van der Waals surface area contributed by atoms with Crippen molar-refractivity contribution in [2.45, 2.75) is 19.3 Å². The van der Waals surface area contributed by atoms with E-state index < -0.39 is 5.97 Å². The second-order valence-corrected chi connectivity index (χ2v) is 6.99. The molecule has 0 unspecified atom stereocenters. The van der Waals surface area contributed by atoms with Crippen molar-refractivity contribution >= 4 is 28.9 Å². The minimum atomic E-state index is -0.463. The van der Waals surface area contributed by atoms with Crippen LogP contribution in [-0.4, -0.2) is 18.5 Å². The molecule has 0 fully saturated rings. The third-order valence-corrected chi connectivity index (χ3v) is 5.07. The number of hydrogen-bond acceptors (Lipinski definition) is 4. The molecule has 0 saturated carbocycles. The summed E-state index contributed by atoms with van der Waals surface area (Å²) in [5, 5.41) is 0. The minimum Gasteiger partial charge on any atom is -0.462 e. The Hall–Kier alpha value is -3.60. The molecule has 3 aromatic rings. The molecule has 0 atom stereocenters. The normalized spacial score (nSPS) is 12.5. The van der Waals surface area contributed by atoms with Crippen LogP contribution in [0.3, 0.4) is 0 Å². The molecule has 0 saturated heterocycles. The highest BCUT2D eigenvalue weighted by molar-refractivity contribution is 6.02. The number of rotatable bonds is 4. The van der Waals surface area contributed by atoms with Gasteiger partial charge in [0.25, 0.3) is 0 Å². The number of hydrogen-bond donors (Lipinski definition) is 1. The number of ether oxygens (including phenoxy) is 1. The first-order chi connectivity index (χ1) is 14.1. The zero-order chi connectivity index (χ0) is 20.2. The maximum absolute atomic E-state index is 13.2. The van der Waals surface area contributed by atoms with Gasteiger partial charge >= 0.3 is 5.97 Å². The van der Waals surface area contributed by atoms with Crippen LogP contribution in [-0.2, 0) is 22.4 Å². The predicted octanol–water partition coefficient (Wildman–Crippen LogP) is 4.28. The number of para-hydroxylation sites is 2. The van der Waals surface area contributed by atoms with Gasteiger partial charge in [0.1, 0.15) is 6.61 Å². The molecule has 5 heteroatoms. The fourth-order valence-corrected chi connectivity index (χ4v) is 3.59. The van der Waals surface area contributed by atoms with E-state index in [4.69, 9.17) is 10.5 Å². The average molecular weight is 386 g/mol. The largest absolute Gasteiger partial charge is 0.462 e. The van der Waals surface area contributed by atoms with Gasteiger partial charge in [-0.2, -0.15) is 0 Å². The molecular weight excluding hydrogens is 364 g/mol. The molecule has 0 spiro atoms. The van der Waals surface area contributed by atoms with Gasteiger partial charge in [-0.3, -0.25) is 9.69 Å². The van der Waals surface area contributed by atoms with Crippen molar-refractivity contribution in [2.24, 2.45) is 0 Å². The number of nitrogens with zero attached hydrogens (tertiary/aromatic N) is 1. The number of esters is 1. The van der Waals surface area contributed by atoms with Gasteiger partial charge in [0.2, 0.25) is 5.91 Å². The van der Waals surface area contributed by atoms with Gasteiger partial charge < -0.3 is 10.5 Å². The van der Waals surface area contributed by atoms with E-state index in [1.165, 1.54) is 0 Å². The van der Waals surface area contributed by atoms with Crippen molar-refractivity contribution < 1.29 is 14.3 Å². The Morgan fingerprint density at radius 2 is 1.38 bits per heavy atom. The minimum absolute atomic E-state index is 0.0167. The Morgan fingerprint density at radius 1 is 0.828 bits per heavy atom. The zero-order valence-corrected chi connectivity index (χ0v) is 16.0. The first kappa shape index (κ1) is 18.7. The number of fused-ring (bicyclic) bond motifs is 2. The molecule has 1 amide bonds. The lowest BCUT2D eigenvalue weighted by Gasteiger charge is -2.25. The van der Waals surface area contributed by atoms with Crippen LogP contribution >= 0.6 is 0 Å². The molecular formula is C24H22N2O3. The molecule has 2 N–H and O–H groups in total. The standard InChI is InChI=1S/C24H22N2O3/c25-20-13-11-19(12-14-20)24(28)29-16-15-23(27)26-21-7-3-1-5-17(21)9-10-18-6-2-4-8-22(18)26/h1-8,11-14H,9-10,15-16,25H2. The Morgan fingerprint density at radius 3 is 1.97 bits per heavy atom. The highest BCUT2D eigenvalue weighted by atomic mass is 16.5. The molecule has 0 aliphatic carbocycles. The van der Waals surface area contributed by atoms with Gasteiger partial charge in [0.15, 0.2) is 0 Å². The Bertz CT molecular complexity index is 997. The summed E-state index contributed by atoms with van der Waals surface area (Å²) in [6.45, 7) is 0.0167. The van der Waals surface area contributed by atoms with Crippen molar-refractivity contribution in [2.75, 3.05) is 17.2 Å². The van der Waals surface area contributed by atoms with Gasteiger partial charge in [-0.05, 0) is 60.4 Å².